The van der Waals surface area contributed by atoms with Gasteiger partial charge in [-0.2, -0.15) is 5.10 Å². The van der Waals surface area contributed by atoms with E-state index < -0.39 is 0 Å². The number of thiophene rings is 1. The number of pyridine rings is 1. The molecule has 1 aliphatic heterocycles. The summed E-state index contributed by atoms with van der Waals surface area (Å²) < 4.78 is 2.83. The van der Waals surface area contributed by atoms with Crippen LogP contribution in [0.4, 0.5) is 5.82 Å². The molecular weight excluding hydrogens is 420 g/mol. The average molecular weight is 435 g/mol. The first-order valence-electron chi connectivity index (χ1n) is 7.70. The summed E-state index contributed by atoms with van der Waals surface area (Å²) in [6.45, 7) is 2.11. The molecule has 25 heavy (non-hydrogen) atoms. The molecule has 1 atom stereocenters. The van der Waals surface area contributed by atoms with Crippen molar-refractivity contribution in [3.63, 3.8) is 0 Å². The highest BCUT2D eigenvalue weighted by molar-refractivity contribution is 9.11. The Hall–Kier alpha value is -1.64. The minimum absolute atomic E-state index is 0.00345. The van der Waals surface area contributed by atoms with E-state index >= 15 is 0 Å². The molecule has 0 aliphatic carbocycles. The number of amides is 1. The summed E-state index contributed by atoms with van der Waals surface area (Å²) in [5.41, 5.74) is 3.86. The first kappa shape index (κ1) is 16.8. The van der Waals surface area contributed by atoms with Gasteiger partial charge in [-0.25, -0.2) is 0 Å². The summed E-state index contributed by atoms with van der Waals surface area (Å²) in [5, 5.41) is 7.71. The van der Waals surface area contributed by atoms with E-state index in [1.807, 2.05) is 25.2 Å². The highest BCUT2D eigenvalue weighted by Gasteiger charge is 2.33. The topological polar surface area (TPSA) is 59.8 Å². The molecule has 0 spiro atoms. The van der Waals surface area contributed by atoms with Crippen LogP contribution in [0.1, 0.15) is 21.3 Å². The number of anilines is 1. The van der Waals surface area contributed by atoms with Crippen molar-refractivity contribution >= 4 is 50.8 Å². The van der Waals surface area contributed by atoms with Crippen molar-refractivity contribution < 1.29 is 4.79 Å². The van der Waals surface area contributed by atoms with Crippen molar-refractivity contribution in [3.05, 3.63) is 50.3 Å². The average Bonchev–Trinajstić information content (AvgIpc) is 3.03. The molecular formula is C17H15BrN4OS2. The largest absolute Gasteiger partial charge is 0.310 e. The number of aromatic nitrogens is 3. The van der Waals surface area contributed by atoms with Gasteiger partial charge in [0, 0.05) is 23.7 Å². The Morgan fingerprint density at radius 1 is 1.40 bits per heavy atom. The SMILES string of the molecule is Cc1sc(Br)cc1C1SCC(=O)Nc2c1c(-c1ccccn1)nn2C. The Labute approximate surface area is 162 Å². The van der Waals surface area contributed by atoms with Gasteiger partial charge in [0.25, 0.3) is 0 Å². The zero-order valence-corrected chi connectivity index (χ0v) is 16.8. The zero-order chi connectivity index (χ0) is 17.6. The van der Waals surface area contributed by atoms with Crippen molar-refractivity contribution in [1.29, 1.82) is 0 Å². The van der Waals surface area contributed by atoms with Crippen molar-refractivity contribution in [3.8, 4) is 11.4 Å². The second kappa shape index (κ2) is 6.59. The lowest BCUT2D eigenvalue weighted by Gasteiger charge is -2.15. The highest BCUT2D eigenvalue weighted by atomic mass is 79.9. The second-order valence-electron chi connectivity index (χ2n) is 5.75. The van der Waals surface area contributed by atoms with E-state index in [0.717, 1.165) is 26.6 Å². The minimum Gasteiger partial charge on any atom is -0.310 e. The first-order valence-corrected chi connectivity index (χ1v) is 10.4. The molecule has 3 aromatic heterocycles. The number of halogens is 1. The molecule has 8 heteroatoms. The van der Waals surface area contributed by atoms with Gasteiger partial charge in [-0.3, -0.25) is 14.5 Å². The van der Waals surface area contributed by atoms with Gasteiger partial charge < -0.3 is 5.32 Å². The van der Waals surface area contributed by atoms with Crippen LogP contribution in [0.15, 0.2) is 34.2 Å². The molecule has 0 saturated carbocycles. The van der Waals surface area contributed by atoms with Crippen LogP contribution in [0.2, 0.25) is 0 Å². The number of hydrogen-bond acceptors (Lipinski definition) is 5. The maximum Gasteiger partial charge on any atom is 0.235 e. The molecule has 3 aromatic rings. The van der Waals surface area contributed by atoms with Gasteiger partial charge >= 0.3 is 0 Å². The third-order valence-electron chi connectivity index (χ3n) is 4.10. The molecule has 5 nitrogen and oxygen atoms in total. The first-order chi connectivity index (χ1) is 12.0. The number of carbonyl (C=O) groups excluding carboxylic acids is 1. The normalized spacial score (nSPS) is 17.1. The van der Waals surface area contributed by atoms with Crippen LogP contribution in [-0.2, 0) is 11.8 Å². The molecule has 4 rings (SSSR count). The Kier molecular flexibility index (Phi) is 4.43. The van der Waals surface area contributed by atoms with E-state index in [0.29, 0.717) is 5.75 Å². The summed E-state index contributed by atoms with van der Waals surface area (Å²) in [4.78, 5) is 17.9. The number of nitrogens with one attached hydrogen (secondary N) is 1. The van der Waals surface area contributed by atoms with Crippen molar-refractivity contribution in [1.82, 2.24) is 14.8 Å². The molecule has 1 N–H and O–H groups in total. The fourth-order valence-corrected chi connectivity index (χ4v) is 6.03. The molecule has 0 saturated heterocycles. The number of nitrogens with zero attached hydrogens (tertiary/aromatic N) is 3. The monoisotopic (exact) mass is 434 g/mol. The van der Waals surface area contributed by atoms with Crippen LogP contribution < -0.4 is 5.32 Å². The van der Waals surface area contributed by atoms with E-state index in [9.17, 15) is 4.79 Å². The molecule has 1 unspecified atom stereocenters. The number of carbonyl (C=O) groups is 1. The number of rotatable bonds is 2. The van der Waals surface area contributed by atoms with Crippen LogP contribution in [-0.4, -0.2) is 26.4 Å². The lowest BCUT2D eigenvalue weighted by atomic mass is 10.0. The molecule has 0 fully saturated rings. The zero-order valence-electron chi connectivity index (χ0n) is 13.6. The van der Waals surface area contributed by atoms with E-state index in [1.54, 1.807) is 34.0 Å². The predicted molar refractivity (Wildman–Crippen MR) is 106 cm³/mol. The number of hydrogen-bond donors (Lipinski definition) is 1. The highest BCUT2D eigenvalue weighted by Crippen LogP contribution is 2.48. The molecule has 0 aromatic carbocycles. The second-order valence-corrected chi connectivity index (χ2v) is 9.48. The molecule has 1 amide bonds. The van der Waals surface area contributed by atoms with Gasteiger partial charge in [0.15, 0.2) is 0 Å². The number of aryl methyl sites for hydroxylation is 2. The van der Waals surface area contributed by atoms with Crippen LogP contribution in [0.5, 0.6) is 0 Å². The van der Waals surface area contributed by atoms with Crippen LogP contribution in [0.25, 0.3) is 11.4 Å². The van der Waals surface area contributed by atoms with Crippen LogP contribution in [0, 0.1) is 6.92 Å². The summed E-state index contributed by atoms with van der Waals surface area (Å²) in [6.07, 6.45) is 1.76. The molecule has 0 bridgehead atoms. The standard InChI is InChI=1S/C17H15BrN4OS2/c1-9-10(7-12(18)25-9)16-14-15(11-5-3-4-6-19-11)21-22(2)17(14)20-13(23)8-24-16/h3-7,16H,8H2,1-2H3,(H,20,23). The van der Waals surface area contributed by atoms with Gasteiger partial charge in [-0.1, -0.05) is 6.07 Å². The maximum absolute atomic E-state index is 12.2. The van der Waals surface area contributed by atoms with Crippen molar-refractivity contribution in [2.45, 2.75) is 12.2 Å². The fraction of sp³-hybridized carbons (Fsp3) is 0.235. The van der Waals surface area contributed by atoms with Gasteiger partial charge in [0.2, 0.25) is 5.91 Å². The molecule has 1 aliphatic rings. The van der Waals surface area contributed by atoms with Crippen molar-refractivity contribution in [2.24, 2.45) is 7.05 Å². The quantitative estimate of drug-likeness (QED) is 0.649. The van der Waals surface area contributed by atoms with Gasteiger partial charge in [-0.15, -0.1) is 23.1 Å². The third-order valence-corrected chi connectivity index (χ3v) is 6.92. The summed E-state index contributed by atoms with van der Waals surface area (Å²) in [6, 6.07) is 7.94. The van der Waals surface area contributed by atoms with E-state index in [4.69, 9.17) is 0 Å². The van der Waals surface area contributed by atoms with Crippen LogP contribution >= 0.6 is 39.0 Å². The minimum atomic E-state index is -0.00345. The Morgan fingerprint density at radius 2 is 2.24 bits per heavy atom. The predicted octanol–water partition coefficient (Wildman–Crippen LogP) is 4.39. The Bertz CT molecular complexity index is 951. The Balaban J connectivity index is 1.96. The Morgan fingerprint density at radius 3 is 2.92 bits per heavy atom. The van der Waals surface area contributed by atoms with E-state index in [-0.39, 0.29) is 11.2 Å². The lowest BCUT2D eigenvalue weighted by molar-refractivity contribution is -0.113. The fourth-order valence-electron chi connectivity index (χ4n) is 3.00. The summed E-state index contributed by atoms with van der Waals surface area (Å²) >= 11 is 6.92. The lowest BCUT2D eigenvalue weighted by Crippen LogP contribution is -2.15. The third kappa shape index (κ3) is 3.02. The maximum atomic E-state index is 12.2. The van der Waals surface area contributed by atoms with Gasteiger partial charge in [0.05, 0.1) is 20.5 Å². The smallest absolute Gasteiger partial charge is 0.235 e. The van der Waals surface area contributed by atoms with Gasteiger partial charge in [0.1, 0.15) is 11.5 Å². The van der Waals surface area contributed by atoms with E-state index in [2.05, 4.69) is 44.3 Å². The summed E-state index contributed by atoms with van der Waals surface area (Å²) in [5.74, 6) is 1.16. The number of fused-ring (bicyclic) bond motifs is 1. The van der Waals surface area contributed by atoms with E-state index in [1.165, 1.54) is 10.4 Å². The number of thioether (sulfide) groups is 1. The molecule has 0 radical (unpaired) electrons. The summed E-state index contributed by atoms with van der Waals surface area (Å²) in [7, 11) is 1.86. The van der Waals surface area contributed by atoms with Crippen LogP contribution in [0.3, 0.4) is 0 Å². The van der Waals surface area contributed by atoms with Crippen molar-refractivity contribution in [2.75, 3.05) is 11.1 Å². The van der Waals surface area contributed by atoms with Gasteiger partial charge in [-0.05, 0) is 46.6 Å². The molecule has 128 valence electrons. The molecule has 4 heterocycles.